The zero-order valence-corrected chi connectivity index (χ0v) is 20.0. The molecule has 0 fully saturated rings. The van der Waals surface area contributed by atoms with E-state index in [0.717, 1.165) is 5.39 Å². The van der Waals surface area contributed by atoms with Crippen molar-refractivity contribution < 1.29 is 19.1 Å². The summed E-state index contributed by atoms with van der Waals surface area (Å²) < 4.78 is 10.8. The molecule has 0 unspecified atom stereocenters. The Morgan fingerprint density at radius 1 is 1.00 bits per heavy atom. The lowest BCUT2D eigenvalue weighted by Gasteiger charge is -2.23. The molecular formula is C27H21ClN4O4. The molecule has 8 nitrogen and oxygen atoms in total. The summed E-state index contributed by atoms with van der Waals surface area (Å²) >= 11 is 6.10. The number of halogens is 1. The zero-order valence-electron chi connectivity index (χ0n) is 19.2. The zero-order chi connectivity index (χ0) is 25.1. The van der Waals surface area contributed by atoms with Crippen molar-refractivity contribution >= 4 is 46.1 Å². The van der Waals surface area contributed by atoms with E-state index < -0.39 is 11.8 Å². The number of nitrogens with one attached hydrogen (secondary N) is 2. The van der Waals surface area contributed by atoms with Gasteiger partial charge in [-0.25, -0.2) is 0 Å². The predicted octanol–water partition coefficient (Wildman–Crippen LogP) is 4.56. The van der Waals surface area contributed by atoms with Gasteiger partial charge in [-0.15, -0.1) is 0 Å². The summed E-state index contributed by atoms with van der Waals surface area (Å²) in [5.41, 5.74) is 5.36. The number of pyridine rings is 1. The van der Waals surface area contributed by atoms with Crippen LogP contribution in [-0.4, -0.2) is 30.6 Å². The highest BCUT2D eigenvalue weighted by Crippen LogP contribution is 2.33. The molecule has 1 aliphatic rings. The van der Waals surface area contributed by atoms with Crippen LogP contribution in [0, 0.1) is 0 Å². The number of rotatable bonds is 6. The molecule has 3 aromatic carbocycles. The third-order valence-electron chi connectivity index (χ3n) is 5.55. The van der Waals surface area contributed by atoms with Crippen molar-refractivity contribution in [2.45, 2.75) is 0 Å². The van der Waals surface area contributed by atoms with Gasteiger partial charge in [0.05, 0.1) is 11.2 Å². The van der Waals surface area contributed by atoms with Gasteiger partial charge in [-0.2, -0.15) is 0 Å². The second-order valence-corrected chi connectivity index (χ2v) is 8.42. The predicted molar refractivity (Wildman–Crippen MR) is 138 cm³/mol. The lowest BCUT2D eigenvalue weighted by atomic mass is 10.1. The van der Waals surface area contributed by atoms with Crippen molar-refractivity contribution in [2.75, 3.05) is 18.8 Å². The molecule has 0 radical (unpaired) electrons. The number of carbonyl (C=O) groups excluding carboxylic acids is 2. The molecule has 180 valence electrons. The minimum Gasteiger partial charge on any atom is -0.454 e. The molecule has 0 atom stereocenters. The lowest BCUT2D eigenvalue weighted by molar-refractivity contribution is -0.117. The maximum absolute atomic E-state index is 13.4. The normalized spacial score (nSPS) is 12.3. The summed E-state index contributed by atoms with van der Waals surface area (Å²) in [4.78, 5) is 30.6. The van der Waals surface area contributed by atoms with Gasteiger partial charge >= 0.3 is 0 Å². The number of anilines is 1. The lowest BCUT2D eigenvalue weighted by Crippen LogP contribution is -2.43. The largest absolute Gasteiger partial charge is 0.454 e. The van der Waals surface area contributed by atoms with Gasteiger partial charge in [0.25, 0.3) is 11.8 Å². The third kappa shape index (κ3) is 4.94. The van der Waals surface area contributed by atoms with Gasteiger partial charge in [-0.05, 0) is 60.2 Å². The number of fused-ring (bicyclic) bond motifs is 2. The van der Waals surface area contributed by atoms with Crippen LogP contribution in [-0.2, 0) is 4.79 Å². The Hall–Kier alpha value is -4.56. The molecule has 0 saturated carbocycles. The molecule has 0 saturated heterocycles. The van der Waals surface area contributed by atoms with E-state index in [2.05, 4.69) is 15.7 Å². The highest BCUT2D eigenvalue weighted by Gasteiger charge is 2.19. The number of benzene rings is 3. The molecule has 1 aliphatic heterocycles. The number of aromatic nitrogens is 1. The second kappa shape index (κ2) is 9.97. The number of hydrazine groups is 1. The number of amides is 2. The van der Waals surface area contributed by atoms with Crippen molar-refractivity contribution in [1.29, 1.82) is 0 Å². The van der Waals surface area contributed by atoms with Crippen LogP contribution in [0.3, 0.4) is 0 Å². The van der Waals surface area contributed by atoms with Gasteiger partial charge in [-0.3, -0.25) is 25.0 Å². The van der Waals surface area contributed by atoms with Gasteiger partial charge in [0, 0.05) is 29.2 Å². The Labute approximate surface area is 212 Å². The number of carbonyl (C=O) groups is 2. The van der Waals surface area contributed by atoms with Crippen molar-refractivity contribution in [2.24, 2.45) is 0 Å². The van der Waals surface area contributed by atoms with E-state index in [0.29, 0.717) is 38.9 Å². The van der Waals surface area contributed by atoms with Gasteiger partial charge < -0.3 is 14.8 Å². The summed E-state index contributed by atoms with van der Waals surface area (Å²) in [6.07, 6.45) is 3.22. The van der Waals surface area contributed by atoms with Crippen LogP contribution in [0.1, 0.15) is 15.9 Å². The van der Waals surface area contributed by atoms with Crippen molar-refractivity contribution in [3.8, 4) is 11.5 Å². The molecule has 0 bridgehead atoms. The summed E-state index contributed by atoms with van der Waals surface area (Å²) in [7, 11) is 1.71. The summed E-state index contributed by atoms with van der Waals surface area (Å²) in [5, 5.41) is 5.68. The van der Waals surface area contributed by atoms with Gasteiger partial charge in [0.2, 0.25) is 6.79 Å². The van der Waals surface area contributed by atoms with E-state index >= 15 is 0 Å². The number of nitrogens with zero attached hydrogens (tertiary/aromatic N) is 2. The summed E-state index contributed by atoms with van der Waals surface area (Å²) in [6.45, 7) is 0.135. The topological polar surface area (TPSA) is 92.8 Å². The van der Waals surface area contributed by atoms with E-state index in [1.54, 1.807) is 85.0 Å². The maximum atomic E-state index is 13.4. The first-order valence-corrected chi connectivity index (χ1v) is 11.4. The molecule has 36 heavy (non-hydrogen) atoms. The molecule has 0 aliphatic carbocycles. The Morgan fingerprint density at radius 2 is 1.81 bits per heavy atom. The minimum atomic E-state index is -0.515. The van der Waals surface area contributed by atoms with Gasteiger partial charge in [-0.1, -0.05) is 35.9 Å². The van der Waals surface area contributed by atoms with E-state index in [9.17, 15) is 9.59 Å². The van der Waals surface area contributed by atoms with Crippen molar-refractivity contribution in [1.82, 2.24) is 15.7 Å². The third-order valence-corrected chi connectivity index (χ3v) is 5.78. The van der Waals surface area contributed by atoms with E-state index in [-0.39, 0.29) is 12.5 Å². The summed E-state index contributed by atoms with van der Waals surface area (Å²) in [5.74, 6) is 0.260. The molecule has 9 heteroatoms. The van der Waals surface area contributed by atoms with Crippen molar-refractivity contribution in [3.63, 3.8) is 0 Å². The first-order chi connectivity index (χ1) is 17.5. The SMILES string of the molecule is CN(NC(=O)C(=Cc1ccc2c(c1)OCO2)NC(=O)c1ccccc1)c1ccnc2cc(Cl)ccc12. The number of hydrogen-bond acceptors (Lipinski definition) is 6. The van der Waals surface area contributed by atoms with Crippen molar-refractivity contribution in [3.05, 3.63) is 101 Å². The van der Waals surface area contributed by atoms with Crippen LogP contribution < -0.4 is 25.2 Å². The minimum absolute atomic E-state index is 0.0518. The average Bonchev–Trinajstić information content (AvgIpc) is 3.36. The Balaban J connectivity index is 1.44. The highest BCUT2D eigenvalue weighted by atomic mass is 35.5. The Kier molecular flexibility index (Phi) is 6.42. The smallest absolute Gasteiger partial charge is 0.286 e. The summed E-state index contributed by atoms with van der Waals surface area (Å²) in [6, 6.07) is 21.1. The highest BCUT2D eigenvalue weighted by molar-refractivity contribution is 6.31. The van der Waals surface area contributed by atoms with Crippen LogP contribution in [0.15, 0.2) is 84.7 Å². The van der Waals surface area contributed by atoms with Crippen LogP contribution in [0.2, 0.25) is 5.02 Å². The fourth-order valence-electron chi connectivity index (χ4n) is 3.78. The molecule has 1 aromatic heterocycles. The molecular weight excluding hydrogens is 480 g/mol. The first kappa shape index (κ1) is 23.2. The Bertz CT molecular complexity index is 1490. The quantitative estimate of drug-likeness (QED) is 0.298. The molecule has 5 rings (SSSR count). The fourth-order valence-corrected chi connectivity index (χ4v) is 3.95. The number of ether oxygens (including phenoxy) is 2. The molecule has 2 N–H and O–H groups in total. The molecule has 0 spiro atoms. The van der Waals surface area contributed by atoms with E-state index in [1.807, 2.05) is 12.1 Å². The van der Waals surface area contributed by atoms with Gasteiger partial charge in [0.1, 0.15) is 5.70 Å². The first-order valence-electron chi connectivity index (χ1n) is 11.0. The van der Waals surface area contributed by atoms with Crippen LogP contribution in [0.25, 0.3) is 17.0 Å². The average molecular weight is 501 g/mol. The second-order valence-electron chi connectivity index (χ2n) is 7.98. The molecule has 2 amide bonds. The maximum Gasteiger partial charge on any atom is 0.286 e. The fraction of sp³-hybridized carbons (Fsp3) is 0.0741. The van der Waals surface area contributed by atoms with E-state index in [4.69, 9.17) is 21.1 Å². The molecule has 4 aromatic rings. The van der Waals surface area contributed by atoms with Crippen LogP contribution in [0.4, 0.5) is 5.69 Å². The van der Waals surface area contributed by atoms with Crippen LogP contribution in [0.5, 0.6) is 11.5 Å². The van der Waals surface area contributed by atoms with Crippen LogP contribution >= 0.6 is 11.6 Å². The monoisotopic (exact) mass is 500 g/mol. The van der Waals surface area contributed by atoms with Gasteiger partial charge in [0.15, 0.2) is 11.5 Å². The molecule has 2 heterocycles. The Morgan fingerprint density at radius 3 is 2.64 bits per heavy atom. The number of hydrogen-bond donors (Lipinski definition) is 2. The standard InChI is InChI=1S/C27H21ClN4O4/c1-32(23-11-12-29-21-15-19(28)8-9-20(21)23)31-27(34)22(30-26(33)18-5-3-2-4-6-18)13-17-7-10-24-25(14-17)36-16-35-24/h2-15H,16H2,1H3,(H,30,33)(H,31,34). The van der Waals surface area contributed by atoms with E-state index in [1.165, 1.54) is 0 Å².